The van der Waals surface area contributed by atoms with Crippen molar-refractivity contribution in [3.05, 3.63) is 47.8 Å². The van der Waals surface area contributed by atoms with Gasteiger partial charge in [-0.3, -0.25) is 4.79 Å². The van der Waals surface area contributed by atoms with Gasteiger partial charge in [0.2, 0.25) is 10.0 Å². The number of fused-ring (bicyclic) bond motifs is 1. The Morgan fingerprint density at radius 1 is 1.03 bits per heavy atom. The summed E-state index contributed by atoms with van der Waals surface area (Å²) < 4.78 is 33.4. The zero-order chi connectivity index (χ0) is 27.8. The fourth-order valence-electron chi connectivity index (χ4n) is 6.11. The van der Waals surface area contributed by atoms with Crippen molar-refractivity contribution in [3.8, 4) is 11.4 Å². The van der Waals surface area contributed by atoms with Crippen molar-refractivity contribution in [2.45, 2.75) is 89.2 Å². The third kappa shape index (κ3) is 5.81. The van der Waals surface area contributed by atoms with Gasteiger partial charge in [-0.15, -0.1) is 0 Å². The molecular weight excluding hydrogens is 512 g/mol. The molecule has 8 nitrogen and oxygen atoms in total. The molecule has 1 aliphatic heterocycles. The highest BCUT2D eigenvalue weighted by atomic mass is 32.2. The predicted octanol–water partition coefficient (Wildman–Crippen LogP) is 4.97. The normalized spacial score (nSPS) is 18.1. The van der Waals surface area contributed by atoms with E-state index in [1.807, 2.05) is 41.8 Å². The van der Waals surface area contributed by atoms with Gasteiger partial charge in [0.1, 0.15) is 4.90 Å². The van der Waals surface area contributed by atoms with Gasteiger partial charge in [0.05, 0.1) is 28.1 Å². The van der Waals surface area contributed by atoms with Gasteiger partial charge in [-0.1, -0.05) is 31.7 Å². The van der Waals surface area contributed by atoms with E-state index in [2.05, 4.69) is 9.88 Å². The van der Waals surface area contributed by atoms with Gasteiger partial charge in [0.15, 0.2) is 0 Å². The van der Waals surface area contributed by atoms with E-state index in [4.69, 9.17) is 0 Å². The molecule has 212 valence electrons. The average molecular weight is 555 g/mol. The number of hydrogen-bond acceptors (Lipinski definition) is 4. The quantitative estimate of drug-likeness (QED) is 0.411. The van der Waals surface area contributed by atoms with E-state index in [1.165, 1.54) is 19.3 Å². The molecule has 0 atom stereocenters. The highest BCUT2D eigenvalue weighted by molar-refractivity contribution is 7.89. The number of carbonyl (C=O) groups is 1. The molecule has 2 N–H and O–H groups in total. The molecule has 1 aliphatic carbocycles. The van der Waals surface area contributed by atoms with Crippen molar-refractivity contribution in [2.24, 2.45) is 5.92 Å². The maximum absolute atomic E-state index is 13.8. The number of rotatable bonds is 8. The number of aromatic nitrogens is 2. The third-order valence-corrected chi connectivity index (χ3v) is 10.2. The Morgan fingerprint density at radius 2 is 1.72 bits per heavy atom. The van der Waals surface area contributed by atoms with Crippen molar-refractivity contribution >= 4 is 21.4 Å². The Kier molecular flexibility index (Phi) is 7.95. The minimum atomic E-state index is -3.66. The largest absolute Gasteiger partial charge is 0.389 e. The molecule has 0 unspecified atom stereocenters. The fourth-order valence-corrected chi connectivity index (χ4v) is 7.82. The van der Waals surface area contributed by atoms with Crippen LogP contribution in [0.2, 0.25) is 0 Å². The van der Waals surface area contributed by atoms with Crippen molar-refractivity contribution in [1.29, 1.82) is 0 Å². The zero-order valence-corrected chi connectivity index (χ0v) is 24.3. The Morgan fingerprint density at radius 3 is 2.41 bits per heavy atom. The molecule has 0 radical (unpaired) electrons. The Bertz CT molecular complexity index is 1440. The lowest BCUT2D eigenvalue weighted by molar-refractivity contribution is 0.0694. The third-order valence-electron chi connectivity index (χ3n) is 8.29. The van der Waals surface area contributed by atoms with Crippen LogP contribution >= 0.6 is 0 Å². The number of amides is 1. The van der Waals surface area contributed by atoms with Crippen molar-refractivity contribution in [1.82, 2.24) is 18.6 Å². The first-order valence-electron chi connectivity index (χ1n) is 14.4. The molecule has 0 bridgehead atoms. The van der Waals surface area contributed by atoms with Crippen LogP contribution in [0.15, 0.2) is 41.4 Å². The monoisotopic (exact) mass is 554 g/mol. The second-order valence-electron chi connectivity index (χ2n) is 12.0. The summed E-state index contributed by atoms with van der Waals surface area (Å²) in [5.41, 5.74) is 2.64. The van der Waals surface area contributed by atoms with E-state index in [9.17, 15) is 18.3 Å². The van der Waals surface area contributed by atoms with Gasteiger partial charge in [0, 0.05) is 38.1 Å². The van der Waals surface area contributed by atoms with E-state index >= 15 is 0 Å². The van der Waals surface area contributed by atoms with E-state index in [-0.39, 0.29) is 12.5 Å². The molecule has 3 aromatic heterocycles. The van der Waals surface area contributed by atoms with Crippen LogP contribution in [-0.4, -0.2) is 57.9 Å². The Hall–Kier alpha value is -2.62. The number of nitrogens with one attached hydrogen (secondary N) is 1. The van der Waals surface area contributed by atoms with Crippen molar-refractivity contribution < 1.29 is 18.3 Å². The van der Waals surface area contributed by atoms with Gasteiger partial charge in [-0.2, -0.15) is 4.31 Å². The second kappa shape index (κ2) is 11.1. The maximum Gasteiger partial charge on any atom is 0.253 e. The lowest BCUT2D eigenvalue weighted by atomic mass is 9.89. The second-order valence-corrected chi connectivity index (χ2v) is 13.9. The molecule has 9 heteroatoms. The molecule has 0 aromatic carbocycles. The lowest BCUT2D eigenvalue weighted by Crippen LogP contribution is -2.38. The standard InChI is InChI=1S/C30H42N4O4S/c1-22-24(29(35)31-21-30(2,3)36)18-26(34(22)20-23-12-6-4-7-13-23)27-19-28(25-14-8-11-17-33(25)27)39(37,38)32-15-9-5-10-16-32/h8,11,14,17-19,23,36H,4-7,9-10,12-13,15-16,20-21H2,1-3H3,(H,31,35). The number of pyridine rings is 1. The van der Waals surface area contributed by atoms with Crippen molar-refractivity contribution in [3.63, 3.8) is 0 Å². The van der Waals surface area contributed by atoms with Gasteiger partial charge in [-0.25, -0.2) is 8.42 Å². The van der Waals surface area contributed by atoms with Crippen LogP contribution in [0.25, 0.3) is 16.9 Å². The molecule has 1 saturated carbocycles. The zero-order valence-electron chi connectivity index (χ0n) is 23.4. The van der Waals surface area contributed by atoms with Gasteiger partial charge >= 0.3 is 0 Å². The number of sulfonamides is 1. The van der Waals surface area contributed by atoms with Crippen LogP contribution < -0.4 is 5.32 Å². The number of aliphatic hydroxyl groups is 1. The summed E-state index contributed by atoms with van der Waals surface area (Å²) in [7, 11) is -3.66. The van der Waals surface area contributed by atoms with Crippen LogP contribution in [0.1, 0.15) is 81.3 Å². The molecular formula is C30H42N4O4S. The molecule has 5 rings (SSSR count). The van der Waals surface area contributed by atoms with Crippen molar-refractivity contribution in [2.75, 3.05) is 19.6 Å². The van der Waals surface area contributed by atoms with Gasteiger partial charge in [0.25, 0.3) is 5.91 Å². The van der Waals surface area contributed by atoms with Crippen LogP contribution in [0.5, 0.6) is 0 Å². The summed E-state index contributed by atoms with van der Waals surface area (Å²) in [6.45, 7) is 7.31. The highest BCUT2D eigenvalue weighted by Gasteiger charge is 2.31. The minimum absolute atomic E-state index is 0.140. The van der Waals surface area contributed by atoms with E-state index in [1.54, 1.807) is 24.2 Å². The van der Waals surface area contributed by atoms with Crippen LogP contribution in [0.4, 0.5) is 0 Å². The molecule has 39 heavy (non-hydrogen) atoms. The van der Waals surface area contributed by atoms with E-state index in [0.29, 0.717) is 35.0 Å². The lowest BCUT2D eigenvalue weighted by Gasteiger charge is -2.25. The summed E-state index contributed by atoms with van der Waals surface area (Å²) in [6.07, 6.45) is 10.7. The first kappa shape index (κ1) is 27.9. The first-order chi connectivity index (χ1) is 18.6. The summed E-state index contributed by atoms with van der Waals surface area (Å²) in [6, 6.07) is 9.33. The smallest absolute Gasteiger partial charge is 0.253 e. The molecule has 3 aromatic rings. The number of nitrogens with zero attached hydrogens (tertiary/aromatic N) is 3. The Labute approximate surface area is 232 Å². The maximum atomic E-state index is 13.8. The summed E-state index contributed by atoms with van der Waals surface area (Å²) >= 11 is 0. The Balaban J connectivity index is 1.62. The summed E-state index contributed by atoms with van der Waals surface area (Å²) in [5.74, 6) is 0.277. The number of piperidine rings is 1. The van der Waals surface area contributed by atoms with E-state index < -0.39 is 15.6 Å². The van der Waals surface area contributed by atoms with Gasteiger partial charge < -0.3 is 19.4 Å². The minimum Gasteiger partial charge on any atom is -0.389 e. The first-order valence-corrected chi connectivity index (χ1v) is 15.8. The summed E-state index contributed by atoms with van der Waals surface area (Å²) in [4.78, 5) is 13.6. The van der Waals surface area contributed by atoms with Crippen LogP contribution in [0, 0.1) is 12.8 Å². The highest BCUT2D eigenvalue weighted by Crippen LogP contribution is 2.36. The number of hydrogen-bond donors (Lipinski definition) is 2. The predicted molar refractivity (Wildman–Crippen MR) is 153 cm³/mol. The summed E-state index contributed by atoms with van der Waals surface area (Å²) in [5, 5.41) is 13.0. The average Bonchev–Trinajstić information content (AvgIpc) is 3.46. The topological polar surface area (TPSA) is 96.0 Å². The van der Waals surface area contributed by atoms with E-state index in [0.717, 1.165) is 55.7 Å². The van der Waals surface area contributed by atoms with Gasteiger partial charge in [-0.05, 0) is 76.6 Å². The number of carbonyl (C=O) groups excluding carboxylic acids is 1. The molecule has 1 amide bonds. The molecule has 2 fully saturated rings. The SMILES string of the molecule is Cc1c(C(=O)NCC(C)(C)O)cc(-c2cc(S(=O)(=O)N3CCCCC3)c3ccccn23)n1CC1CCCCC1. The fraction of sp³-hybridized carbons (Fsp3) is 0.567. The molecule has 2 aliphatic rings. The van der Waals surface area contributed by atoms with Crippen LogP contribution in [-0.2, 0) is 16.6 Å². The van der Waals surface area contributed by atoms with Crippen LogP contribution in [0.3, 0.4) is 0 Å². The molecule has 0 spiro atoms. The molecule has 1 saturated heterocycles. The molecule has 4 heterocycles.